The van der Waals surface area contributed by atoms with Gasteiger partial charge in [0.15, 0.2) is 0 Å². The van der Waals surface area contributed by atoms with E-state index in [9.17, 15) is 19.5 Å². The number of nitrogens with one attached hydrogen (secondary N) is 2. The molecule has 4 rings (SSSR count). The molecular weight excluding hydrogens is 458 g/mol. The maximum absolute atomic E-state index is 13.0. The number of amides is 2. The number of rotatable bonds is 8. The highest BCUT2D eigenvalue weighted by molar-refractivity contribution is 6.06. The van der Waals surface area contributed by atoms with Crippen LogP contribution in [-0.4, -0.2) is 38.6 Å². The van der Waals surface area contributed by atoms with Crippen molar-refractivity contribution in [2.45, 2.75) is 13.0 Å². The van der Waals surface area contributed by atoms with Crippen LogP contribution in [0.5, 0.6) is 0 Å². The summed E-state index contributed by atoms with van der Waals surface area (Å²) in [5, 5.41) is 20.8. The lowest BCUT2D eigenvalue weighted by molar-refractivity contribution is -0.307. The summed E-state index contributed by atoms with van der Waals surface area (Å²) in [6.07, 6.45) is 6.43. The van der Waals surface area contributed by atoms with Crippen molar-refractivity contribution < 1.29 is 19.5 Å². The minimum atomic E-state index is -1.45. The summed E-state index contributed by atoms with van der Waals surface area (Å²) in [5.74, 6) is -2.78. The number of aliphatic carboxylic acids is 1. The molecule has 0 fully saturated rings. The van der Waals surface area contributed by atoms with Gasteiger partial charge in [-0.3, -0.25) is 14.6 Å². The first-order valence-electron chi connectivity index (χ1n) is 11.1. The van der Waals surface area contributed by atoms with Crippen LogP contribution in [0.1, 0.15) is 22.8 Å². The van der Waals surface area contributed by atoms with Crippen molar-refractivity contribution in [3.63, 3.8) is 0 Å². The number of carbonyl (C=O) groups excluding carboxylic acids is 3. The highest BCUT2D eigenvalue weighted by Gasteiger charge is 2.19. The average molecular weight is 481 g/mol. The monoisotopic (exact) mass is 480 g/mol. The van der Waals surface area contributed by atoms with Crippen molar-refractivity contribution >= 4 is 23.9 Å². The molecule has 0 aliphatic rings. The molecule has 2 aromatic heterocycles. The van der Waals surface area contributed by atoms with Gasteiger partial charge in [-0.25, -0.2) is 4.68 Å². The zero-order valence-electron chi connectivity index (χ0n) is 19.3. The molecule has 0 aliphatic heterocycles. The first-order chi connectivity index (χ1) is 17.4. The van der Waals surface area contributed by atoms with Gasteiger partial charge in [0, 0.05) is 35.3 Å². The van der Waals surface area contributed by atoms with Gasteiger partial charge in [0.2, 0.25) is 0 Å². The van der Waals surface area contributed by atoms with Crippen LogP contribution in [0.3, 0.4) is 0 Å². The van der Waals surface area contributed by atoms with Gasteiger partial charge < -0.3 is 20.5 Å². The van der Waals surface area contributed by atoms with Gasteiger partial charge in [0.25, 0.3) is 11.8 Å². The van der Waals surface area contributed by atoms with Crippen molar-refractivity contribution in [1.29, 1.82) is 0 Å². The number of nitrogens with zero attached hydrogens (tertiary/aromatic N) is 3. The molecule has 36 heavy (non-hydrogen) atoms. The van der Waals surface area contributed by atoms with Gasteiger partial charge in [-0.05, 0) is 49.4 Å². The van der Waals surface area contributed by atoms with Crippen LogP contribution in [-0.2, 0) is 9.59 Å². The van der Waals surface area contributed by atoms with Crippen molar-refractivity contribution in [1.82, 2.24) is 25.4 Å². The number of pyridine rings is 1. The molecule has 0 saturated carbocycles. The van der Waals surface area contributed by atoms with Crippen LogP contribution >= 0.6 is 0 Å². The van der Waals surface area contributed by atoms with Crippen LogP contribution in [0.25, 0.3) is 23.0 Å². The molecular formula is C27H22N5O4-. The molecule has 0 radical (unpaired) electrons. The van der Waals surface area contributed by atoms with Crippen LogP contribution in [0.15, 0.2) is 97.1 Å². The second kappa shape index (κ2) is 10.9. The van der Waals surface area contributed by atoms with Crippen LogP contribution in [0.2, 0.25) is 0 Å². The molecule has 0 spiro atoms. The Morgan fingerprint density at radius 1 is 0.972 bits per heavy atom. The molecule has 9 heteroatoms. The van der Waals surface area contributed by atoms with E-state index in [0.717, 1.165) is 5.69 Å². The fraction of sp³-hybridized carbons (Fsp3) is 0.0741. The zero-order valence-corrected chi connectivity index (χ0v) is 19.3. The smallest absolute Gasteiger partial charge is 0.268 e. The number of para-hydroxylation sites is 1. The highest BCUT2D eigenvalue weighted by atomic mass is 16.4. The summed E-state index contributed by atoms with van der Waals surface area (Å²) in [7, 11) is 0. The summed E-state index contributed by atoms with van der Waals surface area (Å²) in [6, 6.07) is 20.0. The predicted molar refractivity (Wildman–Crippen MR) is 131 cm³/mol. The quantitative estimate of drug-likeness (QED) is 0.371. The van der Waals surface area contributed by atoms with E-state index in [1.54, 1.807) is 59.7 Å². The first kappa shape index (κ1) is 24.1. The van der Waals surface area contributed by atoms with E-state index in [1.165, 1.54) is 13.0 Å². The number of hydrogen-bond donors (Lipinski definition) is 2. The third-order valence-electron chi connectivity index (χ3n) is 5.23. The number of hydrogen-bond acceptors (Lipinski definition) is 6. The minimum absolute atomic E-state index is 0.158. The molecule has 0 saturated heterocycles. The molecule has 1 atom stereocenters. The SMILES string of the molecule is C[C@H](NC(=O)/C(=C/c1cn(-c2ccccc2)nc1-c1cccnc1)NC(=O)c1ccccc1)C(=O)[O-]. The molecule has 180 valence electrons. The largest absolute Gasteiger partial charge is 0.548 e. The van der Waals surface area contributed by atoms with E-state index in [2.05, 4.69) is 20.7 Å². The third-order valence-corrected chi connectivity index (χ3v) is 5.23. The van der Waals surface area contributed by atoms with Crippen LogP contribution in [0.4, 0.5) is 0 Å². The van der Waals surface area contributed by atoms with E-state index >= 15 is 0 Å². The second-order valence-electron chi connectivity index (χ2n) is 7.85. The average Bonchev–Trinajstić information content (AvgIpc) is 3.33. The van der Waals surface area contributed by atoms with Crippen molar-refractivity contribution in [3.8, 4) is 16.9 Å². The summed E-state index contributed by atoms with van der Waals surface area (Å²) >= 11 is 0. The molecule has 2 N–H and O–H groups in total. The molecule has 9 nitrogen and oxygen atoms in total. The fourth-order valence-electron chi connectivity index (χ4n) is 3.36. The Hall–Kier alpha value is -5.05. The Morgan fingerprint density at radius 2 is 1.67 bits per heavy atom. The number of benzene rings is 2. The van der Waals surface area contributed by atoms with Gasteiger partial charge in [-0.1, -0.05) is 36.4 Å². The maximum Gasteiger partial charge on any atom is 0.268 e. The summed E-state index contributed by atoms with van der Waals surface area (Å²) in [5.41, 5.74) is 2.67. The van der Waals surface area contributed by atoms with Crippen molar-refractivity contribution in [3.05, 3.63) is 108 Å². The van der Waals surface area contributed by atoms with Gasteiger partial charge in [-0.15, -0.1) is 0 Å². The van der Waals surface area contributed by atoms with E-state index in [1.807, 2.05) is 36.4 Å². The Balaban J connectivity index is 1.79. The van der Waals surface area contributed by atoms with Crippen LogP contribution in [0, 0.1) is 0 Å². The lowest BCUT2D eigenvalue weighted by Crippen LogP contribution is -2.48. The molecule has 0 bridgehead atoms. The second-order valence-corrected chi connectivity index (χ2v) is 7.85. The topological polar surface area (TPSA) is 129 Å². The van der Waals surface area contributed by atoms with Gasteiger partial charge >= 0.3 is 0 Å². The lowest BCUT2D eigenvalue weighted by Gasteiger charge is -2.17. The number of carboxylic acids is 1. The van der Waals surface area contributed by atoms with E-state index in [0.29, 0.717) is 22.4 Å². The molecule has 2 aromatic carbocycles. The number of carbonyl (C=O) groups is 3. The van der Waals surface area contributed by atoms with E-state index < -0.39 is 23.8 Å². The summed E-state index contributed by atoms with van der Waals surface area (Å²) in [4.78, 5) is 41.2. The Morgan fingerprint density at radius 3 is 2.31 bits per heavy atom. The standard InChI is InChI=1S/C27H23N5O4/c1-18(27(35)36)29-26(34)23(30-25(33)19-9-4-2-5-10-19)15-21-17-32(22-12-6-3-7-13-22)31-24(21)20-11-8-14-28-16-20/h2-18H,1H3,(H,29,34)(H,30,33)(H,35,36)/p-1/b23-15-/t18-/m0/s1. The Kier molecular flexibility index (Phi) is 7.30. The molecule has 4 aromatic rings. The normalized spacial score (nSPS) is 12.0. The zero-order chi connectivity index (χ0) is 25.5. The first-order valence-corrected chi connectivity index (χ1v) is 11.1. The molecule has 0 aliphatic carbocycles. The fourth-order valence-corrected chi connectivity index (χ4v) is 3.36. The van der Waals surface area contributed by atoms with Crippen molar-refractivity contribution in [2.24, 2.45) is 0 Å². The van der Waals surface area contributed by atoms with Crippen molar-refractivity contribution in [2.75, 3.05) is 0 Å². The minimum Gasteiger partial charge on any atom is -0.548 e. The van der Waals surface area contributed by atoms with E-state index in [4.69, 9.17) is 0 Å². The highest BCUT2D eigenvalue weighted by Crippen LogP contribution is 2.25. The maximum atomic E-state index is 13.0. The van der Waals surface area contributed by atoms with Gasteiger partial charge in [0.1, 0.15) is 11.4 Å². The summed E-state index contributed by atoms with van der Waals surface area (Å²) in [6.45, 7) is 1.28. The molecule has 2 amide bonds. The molecule has 0 unspecified atom stereocenters. The van der Waals surface area contributed by atoms with Crippen LogP contribution < -0.4 is 15.7 Å². The predicted octanol–water partition coefficient (Wildman–Crippen LogP) is 1.96. The number of carboxylic acid groups (broad SMARTS) is 1. The summed E-state index contributed by atoms with van der Waals surface area (Å²) < 4.78 is 1.65. The lowest BCUT2D eigenvalue weighted by atomic mass is 10.1. The Bertz CT molecular complexity index is 1400. The van der Waals surface area contributed by atoms with Gasteiger partial charge in [0.05, 0.1) is 17.7 Å². The third kappa shape index (κ3) is 5.71. The molecule has 2 heterocycles. The Labute approximate surface area is 207 Å². The number of aromatic nitrogens is 3. The van der Waals surface area contributed by atoms with Gasteiger partial charge in [-0.2, -0.15) is 5.10 Å². The van der Waals surface area contributed by atoms with E-state index in [-0.39, 0.29) is 5.70 Å².